The zero-order valence-electron chi connectivity index (χ0n) is 11.0. The maximum atomic E-state index is 5.48. The van der Waals surface area contributed by atoms with Crippen LogP contribution in [-0.2, 0) is 4.74 Å². The smallest absolute Gasteiger partial charge is 0.221 e. The van der Waals surface area contributed by atoms with Crippen LogP contribution in [0.3, 0.4) is 0 Å². The lowest BCUT2D eigenvalue weighted by atomic mass is 10.2. The lowest BCUT2D eigenvalue weighted by molar-refractivity contribution is 0.118. The van der Waals surface area contributed by atoms with Gasteiger partial charge in [-0.2, -0.15) is 0 Å². The third kappa shape index (κ3) is 4.56. The van der Waals surface area contributed by atoms with Crippen molar-refractivity contribution in [3.63, 3.8) is 0 Å². The summed E-state index contributed by atoms with van der Waals surface area (Å²) < 4.78 is 10.6. The highest BCUT2D eigenvalue weighted by Gasteiger charge is 2.05. The predicted molar refractivity (Wildman–Crippen MR) is 67.5 cm³/mol. The van der Waals surface area contributed by atoms with E-state index < -0.39 is 0 Å². The maximum Gasteiger partial charge on any atom is 0.221 e. The molecule has 1 aromatic rings. The second-order valence-corrected chi connectivity index (χ2v) is 4.25. The Kier molecular flexibility index (Phi) is 5.69. The van der Waals surface area contributed by atoms with Crippen molar-refractivity contribution in [1.29, 1.82) is 0 Å². The molecular formula is C12H21N3O2. The van der Waals surface area contributed by atoms with E-state index in [4.69, 9.17) is 9.47 Å². The van der Waals surface area contributed by atoms with Crippen molar-refractivity contribution in [2.75, 3.05) is 32.2 Å². The molecule has 0 unspecified atom stereocenters. The van der Waals surface area contributed by atoms with Gasteiger partial charge in [-0.15, -0.1) is 0 Å². The van der Waals surface area contributed by atoms with E-state index in [0.717, 1.165) is 24.5 Å². The zero-order chi connectivity index (χ0) is 12.7. The molecule has 0 amide bonds. The van der Waals surface area contributed by atoms with Gasteiger partial charge in [-0.1, -0.05) is 13.8 Å². The third-order valence-corrected chi connectivity index (χ3v) is 2.22. The summed E-state index contributed by atoms with van der Waals surface area (Å²) in [6, 6.07) is 0. The normalized spacial score (nSPS) is 10.6. The van der Waals surface area contributed by atoms with E-state index in [1.807, 2.05) is 6.92 Å². The number of nitrogens with zero attached hydrogens (tertiary/aromatic N) is 2. The average molecular weight is 239 g/mol. The predicted octanol–water partition coefficient (Wildman–Crippen LogP) is 1.88. The second kappa shape index (κ2) is 7.06. The first-order valence-electron chi connectivity index (χ1n) is 5.82. The highest BCUT2D eigenvalue weighted by atomic mass is 16.5. The topological polar surface area (TPSA) is 56.3 Å². The Morgan fingerprint density at radius 1 is 1.35 bits per heavy atom. The van der Waals surface area contributed by atoms with Crippen LogP contribution in [0.25, 0.3) is 0 Å². The van der Waals surface area contributed by atoms with E-state index >= 15 is 0 Å². The molecule has 1 heterocycles. The van der Waals surface area contributed by atoms with Crippen LogP contribution in [0.2, 0.25) is 0 Å². The highest BCUT2D eigenvalue weighted by molar-refractivity contribution is 5.47. The fraction of sp³-hybridized carbons (Fsp3) is 0.667. The first-order valence-corrected chi connectivity index (χ1v) is 5.82. The number of nitrogens with one attached hydrogen (secondary N) is 1. The molecule has 0 bridgehead atoms. The molecule has 17 heavy (non-hydrogen) atoms. The largest absolute Gasteiger partial charge is 0.481 e. The summed E-state index contributed by atoms with van der Waals surface area (Å²) in [4.78, 5) is 8.18. The summed E-state index contributed by atoms with van der Waals surface area (Å²) in [7, 11) is 1.60. The molecule has 0 radical (unpaired) electrons. The van der Waals surface area contributed by atoms with E-state index in [2.05, 4.69) is 29.1 Å². The van der Waals surface area contributed by atoms with Crippen LogP contribution in [0.15, 0.2) is 6.33 Å². The maximum absolute atomic E-state index is 5.48. The molecule has 0 aliphatic rings. The molecule has 0 atom stereocenters. The van der Waals surface area contributed by atoms with E-state index in [9.17, 15) is 0 Å². The molecular weight excluding hydrogens is 218 g/mol. The molecule has 0 saturated heterocycles. The van der Waals surface area contributed by atoms with Crippen LogP contribution >= 0.6 is 0 Å². The van der Waals surface area contributed by atoms with Crippen LogP contribution in [0, 0.1) is 12.8 Å². The number of anilines is 1. The number of rotatable bonds is 7. The monoisotopic (exact) mass is 239 g/mol. The van der Waals surface area contributed by atoms with E-state index in [0.29, 0.717) is 18.4 Å². The van der Waals surface area contributed by atoms with Gasteiger partial charge in [-0.25, -0.2) is 9.97 Å². The molecule has 0 aromatic carbocycles. The van der Waals surface area contributed by atoms with Gasteiger partial charge in [0, 0.05) is 13.2 Å². The molecule has 0 aliphatic heterocycles. The molecule has 96 valence electrons. The van der Waals surface area contributed by atoms with Gasteiger partial charge in [0.05, 0.1) is 19.3 Å². The summed E-state index contributed by atoms with van der Waals surface area (Å²) in [5.41, 5.74) is 0.916. The summed E-state index contributed by atoms with van der Waals surface area (Å²) in [6.45, 7) is 8.38. The van der Waals surface area contributed by atoms with Crippen molar-refractivity contribution >= 4 is 5.82 Å². The zero-order valence-corrected chi connectivity index (χ0v) is 11.0. The van der Waals surface area contributed by atoms with Crippen molar-refractivity contribution in [1.82, 2.24) is 9.97 Å². The summed E-state index contributed by atoms with van der Waals surface area (Å²) in [6.07, 6.45) is 1.49. The molecule has 1 N–H and O–H groups in total. The molecule has 1 rings (SSSR count). The minimum Gasteiger partial charge on any atom is -0.481 e. The van der Waals surface area contributed by atoms with Crippen molar-refractivity contribution in [2.24, 2.45) is 5.92 Å². The van der Waals surface area contributed by atoms with Crippen LogP contribution in [0.1, 0.15) is 19.4 Å². The van der Waals surface area contributed by atoms with Crippen LogP contribution < -0.4 is 10.1 Å². The van der Waals surface area contributed by atoms with Crippen LogP contribution in [-0.4, -0.2) is 36.8 Å². The van der Waals surface area contributed by atoms with Gasteiger partial charge in [-0.3, -0.25) is 0 Å². The van der Waals surface area contributed by atoms with E-state index in [1.165, 1.54) is 6.33 Å². The highest BCUT2D eigenvalue weighted by Crippen LogP contribution is 2.19. The van der Waals surface area contributed by atoms with Crippen LogP contribution in [0.4, 0.5) is 5.82 Å². The standard InChI is InChI=1S/C12H21N3O2/c1-9(2)7-17-6-5-13-11-10(3)12(16-4)15-8-14-11/h8-9H,5-7H2,1-4H3,(H,13,14,15). The van der Waals surface area contributed by atoms with Gasteiger partial charge in [0.2, 0.25) is 5.88 Å². The van der Waals surface area contributed by atoms with Gasteiger partial charge in [0.25, 0.3) is 0 Å². The molecule has 0 spiro atoms. The number of aromatic nitrogens is 2. The Morgan fingerprint density at radius 2 is 2.12 bits per heavy atom. The van der Waals surface area contributed by atoms with Crippen molar-refractivity contribution in [2.45, 2.75) is 20.8 Å². The first kappa shape index (κ1) is 13.7. The van der Waals surface area contributed by atoms with Gasteiger partial charge in [0.15, 0.2) is 0 Å². The minimum absolute atomic E-state index is 0.566. The van der Waals surface area contributed by atoms with Gasteiger partial charge in [-0.05, 0) is 12.8 Å². The number of methoxy groups -OCH3 is 1. The summed E-state index contributed by atoms with van der Waals surface area (Å²) in [5.74, 6) is 1.96. The number of hydrogen-bond donors (Lipinski definition) is 1. The lowest BCUT2D eigenvalue weighted by Crippen LogP contribution is -2.14. The third-order valence-electron chi connectivity index (χ3n) is 2.22. The van der Waals surface area contributed by atoms with Crippen molar-refractivity contribution in [3.05, 3.63) is 11.9 Å². The van der Waals surface area contributed by atoms with Gasteiger partial charge < -0.3 is 14.8 Å². The van der Waals surface area contributed by atoms with Gasteiger partial charge in [0.1, 0.15) is 12.1 Å². The quantitative estimate of drug-likeness (QED) is 0.736. The SMILES string of the molecule is COc1ncnc(NCCOCC(C)C)c1C. The fourth-order valence-corrected chi connectivity index (χ4v) is 1.38. The van der Waals surface area contributed by atoms with Crippen molar-refractivity contribution in [3.8, 4) is 5.88 Å². The Bertz CT molecular complexity index is 343. The Labute approximate surface area is 103 Å². The number of hydrogen-bond acceptors (Lipinski definition) is 5. The lowest BCUT2D eigenvalue weighted by Gasteiger charge is -2.11. The molecule has 5 nitrogen and oxygen atoms in total. The summed E-state index contributed by atoms with van der Waals surface area (Å²) in [5, 5.41) is 3.21. The Balaban J connectivity index is 2.36. The molecule has 5 heteroatoms. The van der Waals surface area contributed by atoms with E-state index in [1.54, 1.807) is 7.11 Å². The Hall–Kier alpha value is -1.36. The minimum atomic E-state index is 0.566. The molecule has 0 saturated carbocycles. The molecule has 1 aromatic heterocycles. The summed E-state index contributed by atoms with van der Waals surface area (Å²) >= 11 is 0. The first-order chi connectivity index (χ1) is 8.15. The molecule has 0 fully saturated rings. The second-order valence-electron chi connectivity index (χ2n) is 4.25. The molecule has 0 aliphatic carbocycles. The van der Waals surface area contributed by atoms with Crippen molar-refractivity contribution < 1.29 is 9.47 Å². The Morgan fingerprint density at radius 3 is 2.76 bits per heavy atom. The number of ether oxygens (including phenoxy) is 2. The average Bonchev–Trinajstić information content (AvgIpc) is 2.30. The van der Waals surface area contributed by atoms with Gasteiger partial charge >= 0.3 is 0 Å². The fourth-order valence-electron chi connectivity index (χ4n) is 1.38. The van der Waals surface area contributed by atoms with E-state index in [-0.39, 0.29) is 0 Å². The van der Waals surface area contributed by atoms with Crippen LogP contribution in [0.5, 0.6) is 5.88 Å².